The number of rotatable bonds is 4. The van der Waals surface area contributed by atoms with Gasteiger partial charge in [0.15, 0.2) is 5.82 Å². The van der Waals surface area contributed by atoms with Gasteiger partial charge in [0, 0.05) is 12.5 Å². The maximum atomic E-state index is 5.84. The third-order valence-electron chi connectivity index (χ3n) is 2.66. The molecule has 2 unspecified atom stereocenters. The number of nitrogens with zero attached hydrogens (tertiary/aromatic N) is 2. The first-order chi connectivity index (χ1) is 7.29. The molecular formula is C10H17N3OS. The largest absolute Gasteiger partial charge is 0.338 e. The van der Waals surface area contributed by atoms with Gasteiger partial charge >= 0.3 is 0 Å². The van der Waals surface area contributed by atoms with Gasteiger partial charge < -0.3 is 10.3 Å². The first-order valence-corrected chi connectivity index (χ1v) is 6.54. The quantitative estimate of drug-likeness (QED) is 0.851. The predicted molar refractivity (Wildman–Crippen MR) is 60.7 cm³/mol. The third-order valence-corrected chi connectivity index (χ3v) is 4.02. The van der Waals surface area contributed by atoms with Crippen LogP contribution in [-0.2, 0) is 6.42 Å². The highest BCUT2D eigenvalue weighted by Crippen LogP contribution is 2.38. The van der Waals surface area contributed by atoms with Gasteiger partial charge in [-0.3, -0.25) is 0 Å². The highest BCUT2D eigenvalue weighted by Gasteiger charge is 2.23. The van der Waals surface area contributed by atoms with Gasteiger partial charge in [-0.1, -0.05) is 12.1 Å². The van der Waals surface area contributed by atoms with Gasteiger partial charge in [0.1, 0.15) is 0 Å². The first kappa shape index (κ1) is 11.0. The Balaban J connectivity index is 1.97. The van der Waals surface area contributed by atoms with Crippen molar-refractivity contribution in [2.75, 3.05) is 5.75 Å². The minimum absolute atomic E-state index is 0.145. The molecule has 15 heavy (non-hydrogen) atoms. The van der Waals surface area contributed by atoms with E-state index in [4.69, 9.17) is 10.3 Å². The van der Waals surface area contributed by atoms with Crippen molar-refractivity contribution in [2.24, 2.45) is 5.73 Å². The minimum Gasteiger partial charge on any atom is -0.338 e. The standard InChI is InChI=1S/C10H17N3OS/c1-2-7(11)6-9-12-10(14-13-9)8-4-3-5-15-8/h7-8H,2-6,11H2,1H3. The van der Waals surface area contributed by atoms with Crippen molar-refractivity contribution in [1.29, 1.82) is 0 Å². The molecule has 2 N–H and O–H groups in total. The lowest BCUT2D eigenvalue weighted by molar-refractivity contribution is 0.368. The molecule has 0 saturated carbocycles. The molecule has 0 amide bonds. The van der Waals surface area contributed by atoms with E-state index in [-0.39, 0.29) is 6.04 Å². The average Bonchev–Trinajstić information content (AvgIpc) is 2.85. The molecule has 2 heterocycles. The fourth-order valence-corrected chi connectivity index (χ4v) is 2.82. The van der Waals surface area contributed by atoms with Crippen molar-refractivity contribution in [1.82, 2.24) is 10.1 Å². The van der Waals surface area contributed by atoms with Gasteiger partial charge in [-0.2, -0.15) is 4.98 Å². The van der Waals surface area contributed by atoms with Gasteiger partial charge in [-0.15, -0.1) is 11.8 Å². The Bertz CT molecular complexity index is 309. The number of aromatic nitrogens is 2. The molecule has 0 bridgehead atoms. The van der Waals surface area contributed by atoms with Gasteiger partial charge in [-0.05, 0) is 25.0 Å². The Labute approximate surface area is 94.0 Å². The second-order valence-corrected chi connectivity index (χ2v) is 5.23. The highest BCUT2D eigenvalue weighted by atomic mass is 32.2. The summed E-state index contributed by atoms with van der Waals surface area (Å²) in [5.74, 6) is 2.75. The van der Waals surface area contributed by atoms with Crippen molar-refractivity contribution in [2.45, 2.75) is 43.9 Å². The number of nitrogens with two attached hydrogens (primary N) is 1. The highest BCUT2D eigenvalue weighted by molar-refractivity contribution is 7.99. The van der Waals surface area contributed by atoms with Crippen LogP contribution in [0.4, 0.5) is 0 Å². The zero-order chi connectivity index (χ0) is 10.7. The summed E-state index contributed by atoms with van der Waals surface area (Å²) in [5, 5.41) is 4.39. The van der Waals surface area contributed by atoms with Gasteiger partial charge in [-0.25, -0.2) is 0 Å². The molecule has 4 nitrogen and oxygen atoms in total. The lowest BCUT2D eigenvalue weighted by Gasteiger charge is -2.03. The summed E-state index contributed by atoms with van der Waals surface area (Å²) in [7, 11) is 0. The van der Waals surface area contributed by atoms with Crippen LogP contribution in [0.5, 0.6) is 0 Å². The number of thioether (sulfide) groups is 1. The molecule has 84 valence electrons. The maximum Gasteiger partial charge on any atom is 0.239 e. The average molecular weight is 227 g/mol. The van der Waals surface area contributed by atoms with Crippen molar-refractivity contribution in [3.8, 4) is 0 Å². The summed E-state index contributed by atoms with van der Waals surface area (Å²) in [4.78, 5) is 4.40. The lowest BCUT2D eigenvalue weighted by atomic mass is 10.2. The van der Waals surface area contributed by atoms with E-state index >= 15 is 0 Å². The Morgan fingerprint density at radius 1 is 1.67 bits per heavy atom. The van der Waals surface area contributed by atoms with Crippen molar-refractivity contribution >= 4 is 11.8 Å². The third kappa shape index (κ3) is 2.72. The van der Waals surface area contributed by atoms with E-state index in [9.17, 15) is 0 Å². The molecular weight excluding hydrogens is 210 g/mol. The topological polar surface area (TPSA) is 64.9 Å². The fraction of sp³-hybridized carbons (Fsp3) is 0.800. The van der Waals surface area contributed by atoms with Crippen molar-refractivity contribution in [3.63, 3.8) is 0 Å². The Morgan fingerprint density at radius 2 is 2.53 bits per heavy atom. The molecule has 1 fully saturated rings. The second kappa shape index (κ2) is 4.99. The van der Waals surface area contributed by atoms with Gasteiger partial charge in [0.05, 0.1) is 5.25 Å². The molecule has 1 aromatic rings. The predicted octanol–water partition coefficient (Wildman–Crippen LogP) is 1.92. The van der Waals surface area contributed by atoms with Crippen molar-refractivity contribution < 1.29 is 4.52 Å². The fourth-order valence-electron chi connectivity index (χ4n) is 1.63. The van der Waals surface area contributed by atoms with Crippen molar-refractivity contribution in [3.05, 3.63) is 11.7 Å². The van der Waals surface area contributed by atoms with E-state index in [1.165, 1.54) is 12.2 Å². The molecule has 5 heteroatoms. The SMILES string of the molecule is CCC(N)Cc1noc(C2CCCS2)n1. The van der Waals surface area contributed by atoms with Gasteiger partial charge in [0.2, 0.25) is 5.89 Å². The summed E-state index contributed by atoms with van der Waals surface area (Å²) in [6, 6.07) is 0.145. The van der Waals surface area contributed by atoms with Crippen LogP contribution in [0.25, 0.3) is 0 Å². The first-order valence-electron chi connectivity index (χ1n) is 5.49. The second-order valence-electron chi connectivity index (χ2n) is 3.92. The van der Waals surface area contributed by atoms with Crippen LogP contribution < -0.4 is 5.73 Å². The van der Waals surface area contributed by atoms with Crippen LogP contribution >= 0.6 is 11.8 Å². The molecule has 1 saturated heterocycles. The molecule has 2 rings (SSSR count). The molecule has 0 radical (unpaired) electrons. The normalized spacial score (nSPS) is 23.2. The van der Waals surface area contributed by atoms with E-state index < -0.39 is 0 Å². The monoisotopic (exact) mass is 227 g/mol. The molecule has 2 atom stereocenters. The Kier molecular flexibility index (Phi) is 3.64. The molecule has 1 aromatic heterocycles. The van der Waals surface area contributed by atoms with Gasteiger partial charge in [0.25, 0.3) is 0 Å². The van der Waals surface area contributed by atoms with Crippen LogP contribution in [-0.4, -0.2) is 21.9 Å². The van der Waals surface area contributed by atoms with E-state index in [0.29, 0.717) is 5.25 Å². The molecule has 0 aliphatic carbocycles. The van der Waals surface area contributed by atoms with Crippen LogP contribution in [0.2, 0.25) is 0 Å². The van der Waals surface area contributed by atoms with E-state index in [0.717, 1.165) is 31.0 Å². The van der Waals surface area contributed by atoms with Crippen LogP contribution in [0.15, 0.2) is 4.52 Å². The van der Waals surface area contributed by atoms with E-state index in [1.807, 2.05) is 11.8 Å². The number of hydrogen-bond acceptors (Lipinski definition) is 5. The van der Waals surface area contributed by atoms with E-state index in [1.54, 1.807) is 0 Å². The summed E-state index contributed by atoms with van der Waals surface area (Å²) < 4.78 is 5.26. The lowest BCUT2D eigenvalue weighted by Crippen LogP contribution is -2.22. The summed E-state index contributed by atoms with van der Waals surface area (Å²) in [5.41, 5.74) is 5.84. The smallest absolute Gasteiger partial charge is 0.239 e. The molecule has 1 aliphatic rings. The summed E-state index contributed by atoms with van der Waals surface area (Å²) in [6.07, 6.45) is 4.08. The Hall–Kier alpha value is -0.550. The number of hydrogen-bond donors (Lipinski definition) is 1. The summed E-state index contributed by atoms with van der Waals surface area (Å²) in [6.45, 7) is 2.07. The van der Waals surface area contributed by atoms with Crippen LogP contribution in [0, 0.1) is 0 Å². The maximum absolute atomic E-state index is 5.84. The summed E-state index contributed by atoms with van der Waals surface area (Å²) >= 11 is 1.91. The van der Waals surface area contributed by atoms with Crippen LogP contribution in [0.1, 0.15) is 43.2 Å². The van der Waals surface area contributed by atoms with E-state index in [2.05, 4.69) is 17.1 Å². The zero-order valence-electron chi connectivity index (χ0n) is 8.98. The molecule has 0 spiro atoms. The zero-order valence-corrected chi connectivity index (χ0v) is 9.80. The minimum atomic E-state index is 0.145. The molecule has 0 aromatic carbocycles. The van der Waals surface area contributed by atoms with Crippen LogP contribution in [0.3, 0.4) is 0 Å². The molecule has 1 aliphatic heterocycles. The Morgan fingerprint density at radius 3 is 3.20 bits per heavy atom.